The van der Waals surface area contributed by atoms with Gasteiger partial charge in [-0.05, 0) is 48.7 Å². The van der Waals surface area contributed by atoms with Gasteiger partial charge in [0.25, 0.3) is 0 Å². The number of fused-ring (bicyclic) bond motifs is 2. The van der Waals surface area contributed by atoms with E-state index in [9.17, 15) is 9.59 Å². The second-order valence-electron chi connectivity index (χ2n) is 7.77. The molecule has 2 aromatic carbocycles. The van der Waals surface area contributed by atoms with Gasteiger partial charge in [0.05, 0.1) is 33.8 Å². The van der Waals surface area contributed by atoms with Crippen LogP contribution in [0.2, 0.25) is 0 Å². The summed E-state index contributed by atoms with van der Waals surface area (Å²) in [4.78, 5) is 27.3. The van der Waals surface area contributed by atoms with E-state index in [2.05, 4.69) is 5.32 Å². The van der Waals surface area contributed by atoms with Gasteiger partial charge >= 0.3 is 5.97 Å². The minimum atomic E-state index is -0.324. The van der Waals surface area contributed by atoms with Crippen molar-refractivity contribution in [3.05, 3.63) is 41.5 Å². The minimum absolute atomic E-state index is 0.117. The summed E-state index contributed by atoms with van der Waals surface area (Å²) in [7, 11) is 3.17. The van der Waals surface area contributed by atoms with E-state index in [0.29, 0.717) is 48.3 Å². The number of hydrogen-bond acceptors (Lipinski definition) is 8. The van der Waals surface area contributed by atoms with Crippen LogP contribution in [0.25, 0.3) is 0 Å². The van der Waals surface area contributed by atoms with Crippen molar-refractivity contribution in [2.75, 3.05) is 46.0 Å². The third-order valence-electron chi connectivity index (χ3n) is 5.78. The monoisotopic (exact) mass is 456 g/mol. The lowest BCUT2D eigenvalue weighted by Gasteiger charge is -2.37. The van der Waals surface area contributed by atoms with Crippen molar-refractivity contribution in [3.8, 4) is 23.0 Å². The fourth-order valence-electron chi connectivity index (χ4n) is 4.25. The third kappa shape index (κ3) is 4.98. The van der Waals surface area contributed by atoms with Crippen LogP contribution >= 0.6 is 0 Å². The summed E-state index contributed by atoms with van der Waals surface area (Å²) in [5.41, 5.74) is 2.62. The second-order valence-corrected chi connectivity index (χ2v) is 7.77. The lowest BCUT2D eigenvalue weighted by Crippen LogP contribution is -2.41. The highest BCUT2D eigenvalue weighted by atomic mass is 16.7. The van der Waals surface area contributed by atoms with Crippen molar-refractivity contribution in [1.82, 2.24) is 4.90 Å². The summed E-state index contributed by atoms with van der Waals surface area (Å²) < 4.78 is 26.8. The van der Waals surface area contributed by atoms with E-state index in [-0.39, 0.29) is 37.7 Å². The molecule has 0 spiro atoms. The molecule has 9 nitrogen and oxygen atoms in total. The fraction of sp³-hybridized carbons (Fsp3) is 0.417. The lowest BCUT2D eigenvalue weighted by molar-refractivity contribution is -0.145. The Bertz CT molecular complexity index is 1040. The van der Waals surface area contributed by atoms with E-state index in [1.807, 2.05) is 17.0 Å². The number of carbonyl (C=O) groups is 2. The van der Waals surface area contributed by atoms with Gasteiger partial charge in [-0.25, -0.2) is 0 Å². The first-order valence-electron chi connectivity index (χ1n) is 10.9. The van der Waals surface area contributed by atoms with E-state index in [0.717, 1.165) is 11.1 Å². The van der Waals surface area contributed by atoms with Crippen molar-refractivity contribution in [3.63, 3.8) is 0 Å². The molecule has 0 saturated heterocycles. The van der Waals surface area contributed by atoms with Gasteiger partial charge in [0, 0.05) is 24.3 Å². The molecular formula is C24H28N2O7. The zero-order valence-corrected chi connectivity index (χ0v) is 19.0. The Kier molecular flexibility index (Phi) is 6.88. The molecule has 0 bridgehead atoms. The Morgan fingerprint density at radius 2 is 1.85 bits per heavy atom. The number of amides is 1. The normalized spacial score (nSPS) is 16.6. The Labute approximate surface area is 192 Å². The smallest absolute Gasteiger partial charge is 0.307 e. The number of anilines is 1. The molecule has 1 atom stereocenters. The van der Waals surface area contributed by atoms with E-state index in [4.69, 9.17) is 23.7 Å². The Balaban J connectivity index is 1.54. The van der Waals surface area contributed by atoms with Gasteiger partial charge in [-0.15, -0.1) is 0 Å². The maximum Gasteiger partial charge on any atom is 0.307 e. The maximum atomic E-state index is 12.9. The van der Waals surface area contributed by atoms with Crippen LogP contribution in [0, 0.1) is 0 Å². The van der Waals surface area contributed by atoms with E-state index in [1.165, 1.54) is 0 Å². The van der Waals surface area contributed by atoms with Crippen LogP contribution in [0.3, 0.4) is 0 Å². The molecule has 1 N–H and O–H groups in total. The van der Waals surface area contributed by atoms with Crippen LogP contribution in [0.4, 0.5) is 5.69 Å². The maximum absolute atomic E-state index is 12.9. The van der Waals surface area contributed by atoms with Crippen molar-refractivity contribution in [1.29, 1.82) is 0 Å². The van der Waals surface area contributed by atoms with Gasteiger partial charge in [-0.2, -0.15) is 0 Å². The van der Waals surface area contributed by atoms with Gasteiger partial charge in [0.15, 0.2) is 23.0 Å². The summed E-state index contributed by atoms with van der Waals surface area (Å²) in [5.74, 6) is 1.97. The number of esters is 1. The second kappa shape index (κ2) is 9.99. The van der Waals surface area contributed by atoms with Gasteiger partial charge < -0.3 is 29.0 Å². The highest BCUT2D eigenvalue weighted by Gasteiger charge is 2.32. The quantitative estimate of drug-likeness (QED) is 0.606. The van der Waals surface area contributed by atoms with Crippen molar-refractivity contribution >= 4 is 17.6 Å². The average molecular weight is 456 g/mol. The van der Waals surface area contributed by atoms with Crippen molar-refractivity contribution in [2.24, 2.45) is 0 Å². The number of hydrogen-bond donors (Lipinski definition) is 1. The first-order chi connectivity index (χ1) is 16.0. The molecule has 2 aliphatic rings. The van der Waals surface area contributed by atoms with Crippen LogP contribution in [-0.2, 0) is 20.7 Å². The molecular weight excluding hydrogens is 428 g/mol. The summed E-state index contributed by atoms with van der Waals surface area (Å²) in [6, 6.07) is 8.77. The molecule has 2 aliphatic heterocycles. The number of nitrogens with zero attached hydrogens (tertiary/aromatic N) is 1. The highest BCUT2D eigenvalue weighted by molar-refractivity contribution is 5.92. The molecule has 1 amide bonds. The van der Waals surface area contributed by atoms with Crippen LogP contribution < -0.4 is 24.3 Å². The molecule has 2 aromatic rings. The molecule has 4 rings (SSSR count). The summed E-state index contributed by atoms with van der Waals surface area (Å²) in [6.45, 7) is 2.98. The number of benzene rings is 2. The van der Waals surface area contributed by atoms with Crippen LogP contribution in [0.15, 0.2) is 30.3 Å². The molecule has 33 heavy (non-hydrogen) atoms. The topological polar surface area (TPSA) is 95.6 Å². The van der Waals surface area contributed by atoms with Gasteiger partial charge in [0.2, 0.25) is 12.7 Å². The number of ether oxygens (including phenoxy) is 5. The Morgan fingerprint density at radius 3 is 2.61 bits per heavy atom. The average Bonchev–Trinajstić information content (AvgIpc) is 3.27. The number of methoxy groups -OCH3 is 2. The molecule has 0 radical (unpaired) electrons. The Hall–Kier alpha value is -3.46. The molecule has 0 aliphatic carbocycles. The third-order valence-corrected chi connectivity index (χ3v) is 5.78. The minimum Gasteiger partial charge on any atom is -0.493 e. The Morgan fingerprint density at radius 1 is 1.09 bits per heavy atom. The summed E-state index contributed by atoms with van der Waals surface area (Å²) in [5, 5.41) is 2.91. The molecule has 0 fully saturated rings. The molecule has 0 aromatic heterocycles. The molecule has 2 heterocycles. The lowest BCUT2D eigenvalue weighted by atomic mass is 9.90. The first kappa shape index (κ1) is 22.7. The number of rotatable bonds is 8. The predicted molar refractivity (Wildman–Crippen MR) is 120 cm³/mol. The van der Waals surface area contributed by atoms with Gasteiger partial charge in [0.1, 0.15) is 0 Å². The zero-order chi connectivity index (χ0) is 23.4. The van der Waals surface area contributed by atoms with E-state index in [1.54, 1.807) is 39.3 Å². The summed E-state index contributed by atoms with van der Waals surface area (Å²) in [6.07, 6.45) is 0.847. The molecule has 0 saturated carbocycles. The SMILES string of the molecule is CCOC(=O)CC1c2cc(OC)c(OC)cc2CCN1CC(=O)Nc1ccc2c(c1)OCO2. The zero-order valence-electron chi connectivity index (χ0n) is 19.0. The predicted octanol–water partition coefficient (Wildman–Crippen LogP) is 2.92. The van der Waals surface area contributed by atoms with E-state index >= 15 is 0 Å². The largest absolute Gasteiger partial charge is 0.493 e. The number of nitrogens with one attached hydrogen (secondary N) is 1. The van der Waals surface area contributed by atoms with Crippen molar-refractivity contribution < 1.29 is 33.3 Å². The molecule has 176 valence electrons. The van der Waals surface area contributed by atoms with Crippen LogP contribution in [0.1, 0.15) is 30.5 Å². The van der Waals surface area contributed by atoms with Gasteiger partial charge in [-0.3, -0.25) is 14.5 Å². The fourth-order valence-corrected chi connectivity index (χ4v) is 4.25. The highest BCUT2D eigenvalue weighted by Crippen LogP contribution is 2.39. The molecule has 9 heteroatoms. The first-order valence-corrected chi connectivity index (χ1v) is 10.9. The van der Waals surface area contributed by atoms with Crippen molar-refractivity contribution in [2.45, 2.75) is 25.8 Å². The van der Waals surface area contributed by atoms with Crippen LogP contribution in [-0.4, -0.2) is 57.5 Å². The van der Waals surface area contributed by atoms with E-state index < -0.39 is 0 Å². The standard InChI is InChI=1S/C24H28N2O7/c1-4-31-24(28)12-18-17-11-21(30-3)20(29-2)9-15(17)7-8-26(18)13-23(27)25-16-5-6-19-22(10-16)33-14-32-19/h5-6,9-11,18H,4,7-8,12-14H2,1-3H3,(H,25,27). The van der Waals surface area contributed by atoms with Gasteiger partial charge in [-0.1, -0.05) is 0 Å². The molecule has 1 unspecified atom stereocenters. The van der Waals surface area contributed by atoms with Crippen LogP contribution in [0.5, 0.6) is 23.0 Å². The summed E-state index contributed by atoms with van der Waals surface area (Å²) >= 11 is 0. The number of carbonyl (C=O) groups excluding carboxylic acids is 2.